The number of imide groups is 1. The van der Waals surface area contributed by atoms with Gasteiger partial charge in [0.2, 0.25) is 0 Å². The maximum Gasteiger partial charge on any atom is 0.315 e. The van der Waals surface area contributed by atoms with Gasteiger partial charge in [-0.15, -0.1) is 0 Å². The molecule has 3 fully saturated rings. The molecule has 3 heterocycles. The average molecular weight is 357 g/mol. The number of nitrogens with zero attached hydrogens (tertiary/aromatic N) is 1. The molecule has 10 heteroatoms. The minimum absolute atomic E-state index is 0.00436. The fraction of sp³-hybridized carbons (Fsp3) is 0.714. The zero-order valence-electron chi connectivity index (χ0n) is 12.9. The number of hydroxylamine groups is 2. The summed E-state index contributed by atoms with van der Waals surface area (Å²) in [6.07, 6.45) is 0.921. The molecule has 0 aromatic rings. The van der Waals surface area contributed by atoms with Crippen LogP contribution < -0.4 is 10.6 Å². The molecule has 132 valence electrons. The third-order valence-corrected chi connectivity index (χ3v) is 5.92. The number of rotatable bonds is 6. The van der Waals surface area contributed by atoms with Crippen LogP contribution in [0.5, 0.6) is 0 Å². The van der Waals surface area contributed by atoms with E-state index in [-0.39, 0.29) is 36.0 Å². The van der Waals surface area contributed by atoms with Crippen LogP contribution in [-0.2, 0) is 19.1 Å². The van der Waals surface area contributed by atoms with Crippen LogP contribution in [0.2, 0.25) is 0 Å². The quantitative estimate of drug-likeness (QED) is 0.197. The Bertz CT molecular complexity index is 571. The number of fused-ring (bicyclic) bond motifs is 1. The van der Waals surface area contributed by atoms with E-state index < -0.39 is 23.9 Å². The van der Waals surface area contributed by atoms with E-state index in [0.29, 0.717) is 11.7 Å². The molecule has 3 aliphatic heterocycles. The molecule has 0 radical (unpaired) electrons. The van der Waals surface area contributed by atoms with Crippen LogP contribution in [0.15, 0.2) is 0 Å². The van der Waals surface area contributed by atoms with Crippen molar-refractivity contribution in [1.82, 2.24) is 15.7 Å². The average Bonchev–Trinajstić information content (AvgIpc) is 3.15. The number of esters is 1. The minimum atomic E-state index is -1.21. The number of unbranched alkanes of at least 4 members (excludes halogenated alkanes) is 1. The van der Waals surface area contributed by atoms with Gasteiger partial charge >= 0.3 is 12.0 Å². The van der Waals surface area contributed by atoms with Crippen molar-refractivity contribution >= 4 is 35.6 Å². The SMILES string of the molecule is O=C1N[C@@H]2[C@@H](CS[C@@H]2CCCCC(=O)OC2CC(=O)N(O)C2=O)N1. The smallest absolute Gasteiger partial charge is 0.315 e. The monoisotopic (exact) mass is 357 g/mol. The van der Waals surface area contributed by atoms with Gasteiger partial charge in [-0.05, 0) is 12.8 Å². The van der Waals surface area contributed by atoms with Crippen LogP contribution in [-0.4, -0.2) is 63.3 Å². The highest BCUT2D eigenvalue weighted by Crippen LogP contribution is 2.33. The zero-order chi connectivity index (χ0) is 17.3. The molecule has 24 heavy (non-hydrogen) atoms. The summed E-state index contributed by atoms with van der Waals surface area (Å²) in [5, 5.41) is 15.2. The highest BCUT2D eigenvalue weighted by Gasteiger charge is 2.43. The number of carbonyl (C=O) groups is 4. The molecule has 4 amide bonds. The van der Waals surface area contributed by atoms with E-state index in [1.165, 1.54) is 0 Å². The number of amides is 4. The van der Waals surface area contributed by atoms with Crippen molar-refractivity contribution < 1.29 is 29.1 Å². The van der Waals surface area contributed by atoms with Crippen LogP contribution in [0.3, 0.4) is 0 Å². The summed E-state index contributed by atoms with van der Waals surface area (Å²) < 4.78 is 4.94. The van der Waals surface area contributed by atoms with Crippen LogP contribution >= 0.6 is 11.8 Å². The van der Waals surface area contributed by atoms with Gasteiger partial charge in [-0.2, -0.15) is 16.8 Å². The van der Waals surface area contributed by atoms with Crippen molar-refractivity contribution in [1.29, 1.82) is 0 Å². The van der Waals surface area contributed by atoms with Crippen molar-refractivity contribution in [2.24, 2.45) is 0 Å². The summed E-state index contributed by atoms with van der Waals surface area (Å²) in [6.45, 7) is 0. The molecule has 0 bridgehead atoms. The van der Waals surface area contributed by atoms with E-state index in [0.717, 1.165) is 18.6 Å². The Balaban J connectivity index is 1.34. The predicted molar refractivity (Wildman–Crippen MR) is 82.1 cm³/mol. The summed E-state index contributed by atoms with van der Waals surface area (Å²) in [4.78, 5) is 45.6. The molecule has 0 saturated carbocycles. The van der Waals surface area contributed by atoms with Crippen molar-refractivity contribution in [2.45, 2.75) is 55.5 Å². The molecule has 0 aromatic carbocycles. The Morgan fingerprint density at radius 3 is 2.79 bits per heavy atom. The Morgan fingerprint density at radius 1 is 1.29 bits per heavy atom. The van der Waals surface area contributed by atoms with E-state index in [1.807, 2.05) is 11.8 Å². The third kappa shape index (κ3) is 3.48. The number of carbonyl (C=O) groups excluding carboxylic acids is 4. The number of nitrogens with one attached hydrogen (secondary N) is 2. The molecular weight excluding hydrogens is 338 g/mol. The molecular formula is C14H19N3O6S. The molecule has 3 N–H and O–H groups in total. The molecule has 0 aliphatic carbocycles. The highest BCUT2D eigenvalue weighted by atomic mass is 32.2. The minimum Gasteiger partial charge on any atom is -0.452 e. The normalized spacial score (nSPS) is 31.9. The lowest BCUT2D eigenvalue weighted by molar-refractivity contribution is -0.176. The Labute approximate surface area is 142 Å². The Hall–Kier alpha value is -1.81. The first-order valence-corrected chi connectivity index (χ1v) is 8.94. The topological polar surface area (TPSA) is 125 Å². The first-order chi connectivity index (χ1) is 11.5. The van der Waals surface area contributed by atoms with E-state index in [2.05, 4.69) is 10.6 Å². The van der Waals surface area contributed by atoms with Crippen LogP contribution in [0.1, 0.15) is 32.1 Å². The lowest BCUT2D eigenvalue weighted by atomic mass is 10.0. The number of hydrogen-bond donors (Lipinski definition) is 3. The van der Waals surface area contributed by atoms with Gasteiger partial charge in [0.25, 0.3) is 11.8 Å². The van der Waals surface area contributed by atoms with E-state index in [1.54, 1.807) is 0 Å². The molecule has 0 spiro atoms. The summed E-state index contributed by atoms with van der Waals surface area (Å²) >= 11 is 1.81. The van der Waals surface area contributed by atoms with Crippen molar-refractivity contribution in [3.05, 3.63) is 0 Å². The fourth-order valence-corrected chi connectivity index (χ4v) is 4.70. The highest BCUT2D eigenvalue weighted by molar-refractivity contribution is 8.00. The maximum absolute atomic E-state index is 11.7. The van der Waals surface area contributed by atoms with E-state index in [4.69, 9.17) is 9.94 Å². The van der Waals surface area contributed by atoms with Gasteiger partial charge in [0.1, 0.15) is 0 Å². The molecule has 3 aliphatic rings. The predicted octanol–water partition coefficient (Wildman–Crippen LogP) is -0.228. The first kappa shape index (κ1) is 17.0. The lowest BCUT2D eigenvalue weighted by Gasteiger charge is -2.16. The standard InChI is InChI=1S/C14H19N3O6S/c18-10-5-8(13(20)17(10)22)23-11(19)4-2-1-3-9-12-7(6-24-9)15-14(21)16-12/h7-9,12,22H,1-6H2,(H2,15,16,21)/t7-,8?,9-,12-/m1/s1. The fourth-order valence-electron chi connectivity index (χ4n) is 3.16. The van der Waals surface area contributed by atoms with Gasteiger partial charge in [-0.1, -0.05) is 6.42 Å². The van der Waals surface area contributed by atoms with Crippen molar-refractivity contribution in [3.8, 4) is 0 Å². The second-order valence-electron chi connectivity index (χ2n) is 6.09. The molecule has 9 nitrogen and oxygen atoms in total. The first-order valence-electron chi connectivity index (χ1n) is 7.89. The van der Waals surface area contributed by atoms with Crippen molar-refractivity contribution in [3.63, 3.8) is 0 Å². The van der Waals surface area contributed by atoms with Gasteiger partial charge in [0.15, 0.2) is 6.10 Å². The van der Waals surface area contributed by atoms with Gasteiger partial charge < -0.3 is 15.4 Å². The summed E-state index contributed by atoms with van der Waals surface area (Å²) in [7, 11) is 0. The largest absolute Gasteiger partial charge is 0.452 e. The molecule has 3 rings (SSSR count). The van der Waals surface area contributed by atoms with E-state index in [9.17, 15) is 19.2 Å². The number of thioether (sulfide) groups is 1. The summed E-state index contributed by atoms with van der Waals surface area (Å²) in [6, 6.07) is 0.213. The molecule has 3 saturated heterocycles. The second-order valence-corrected chi connectivity index (χ2v) is 7.37. The summed E-state index contributed by atoms with van der Waals surface area (Å²) in [5.74, 6) is -1.32. The maximum atomic E-state index is 11.7. The molecule has 4 atom stereocenters. The lowest BCUT2D eigenvalue weighted by Crippen LogP contribution is -2.36. The molecule has 0 aromatic heterocycles. The Kier molecular flexibility index (Phi) is 4.95. The zero-order valence-corrected chi connectivity index (χ0v) is 13.7. The van der Waals surface area contributed by atoms with E-state index >= 15 is 0 Å². The number of urea groups is 1. The van der Waals surface area contributed by atoms with Crippen LogP contribution in [0, 0.1) is 0 Å². The molecule has 1 unspecified atom stereocenters. The summed E-state index contributed by atoms with van der Waals surface area (Å²) in [5.41, 5.74) is 0. The third-order valence-electron chi connectivity index (χ3n) is 4.41. The second kappa shape index (κ2) is 6.98. The van der Waals surface area contributed by atoms with Crippen LogP contribution in [0.4, 0.5) is 4.79 Å². The van der Waals surface area contributed by atoms with Crippen LogP contribution in [0.25, 0.3) is 0 Å². The van der Waals surface area contributed by atoms with Gasteiger partial charge in [0.05, 0.1) is 18.5 Å². The van der Waals surface area contributed by atoms with Gasteiger partial charge in [0, 0.05) is 17.4 Å². The number of ether oxygens (including phenoxy) is 1. The number of hydrogen-bond acceptors (Lipinski definition) is 7. The van der Waals surface area contributed by atoms with Crippen molar-refractivity contribution in [2.75, 3.05) is 5.75 Å². The Morgan fingerprint density at radius 2 is 2.08 bits per heavy atom. The van der Waals surface area contributed by atoms with Gasteiger partial charge in [-0.3, -0.25) is 19.6 Å². The van der Waals surface area contributed by atoms with Gasteiger partial charge in [-0.25, -0.2) is 4.79 Å².